The first-order valence-electron chi connectivity index (χ1n) is 4.23. The summed E-state index contributed by atoms with van der Waals surface area (Å²) >= 11 is 2.43. The van der Waals surface area contributed by atoms with Crippen LogP contribution < -0.4 is 0 Å². The van der Waals surface area contributed by atoms with Crippen molar-refractivity contribution < 1.29 is 0 Å². The first-order chi connectivity index (χ1) is 4.83. The van der Waals surface area contributed by atoms with Crippen molar-refractivity contribution in [3.05, 3.63) is 0 Å². The quantitative estimate of drug-likeness (QED) is 0.540. The highest BCUT2D eigenvalue weighted by Crippen LogP contribution is 2.23. The van der Waals surface area contributed by atoms with Gasteiger partial charge >= 0.3 is 0 Å². The second-order valence-electron chi connectivity index (χ2n) is 3.14. The van der Waals surface area contributed by atoms with Crippen molar-refractivity contribution in [1.29, 1.82) is 0 Å². The molecule has 2 heteroatoms. The van der Waals surface area contributed by atoms with Gasteiger partial charge in [0.15, 0.2) is 0 Å². The first-order valence-corrected chi connectivity index (χ1v) is 5.20. The Morgan fingerprint density at radius 1 is 1.40 bits per heavy atom. The maximum atomic E-state index is 2.43. The van der Waals surface area contributed by atoms with Crippen LogP contribution in [0.1, 0.15) is 32.6 Å². The molecular weight excluding hydrogens is 237 g/mol. The zero-order chi connectivity index (χ0) is 7.40. The van der Waals surface area contributed by atoms with Crippen LogP contribution in [0.25, 0.3) is 0 Å². The molecule has 1 saturated heterocycles. The monoisotopic (exact) mass is 253 g/mol. The van der Waals surface area contributed by atoms with E-state index in [2.05, 4.69) is 32.9 Å². The standard InChI is InChI=1S/C8H16IN/c1-2-3-8-4-6-10(9)7-5-8/h8H,2-7H2,1H3. The zero-order valence-corrected chi connectivity index (χ0v) is 8.80. The van der Waals surface area contributed by atoms with E-state index in [0.717, 1.165) is 5.92 Å². The summed E-state index contributed by atoms with van der Waals surface area (Å²) < 4.78 is 2.41. The van der Waals surface area contributed by atoms with Gasteiger partial charge < -0.3 is 0 Å². The van der Waals surface area contributed by atoms with Crippen LogP contribution in [-0.2, 0) is 0 Å². The van der Waals surface area contributed by atoms with Gasteiger partial charge in [0.2, 0.25) is 0 Å². The average molecular weight is 253 g/mol. The molecule has 0 amide bonds. The highest BCUT2D eigenvalue weighted by atomic mass is 127. The summed E-state index contributed by atoms with van der Waals surface area (Å²) in [4.78, 5) is 0. The van der Waals surface area contributed by atoms with Gasteiger partial charge in [-0.05, 0) is 18.8 Å². The molecule has 0 N–H and O–H groups in total. The molecule has 10 heavy (non-hydrogen) atoms. The molecule has 0 radical (unpaired) electrons. The van der Waals surface area contributed by atoms with E-state index < -0.39 is 0 Å². The van der Waals surface area contributed by atoms with Gasteiger partial charge in [-0.1, -0.05) is 19.8 Å². The molecule has 1 nitrogen and oxygen atoms in total. The Kier molecular flexibility index (Phi) is 3.99. The van der Waals surface area contributed by atoms with Crippen LogP contribution in [0.4, 0.5) is 0 Å². The van der Waals surface area contributed by atoms with Crippen LogP contribution >= 0.6 is 22.9 Å². The number of halogens is 1. The van der Waals surface area contributed by atoms with Crippen molar-refractivity contribution in [3.8, 4) is 0 Å². The number of hydrogen-bond acceptors (Lipinski definition) is 1. The average Bonchev–Trinajstić information content (AvgIpc) is 1.95. The summed E-state index contributed by atoms with van der Waals surface area (Å²) in [5.41, 5.74) is 0. The van der Waals surface area contributed by atoms with E-state index in [9.17, 15) is 0 Å². The van der Waals surface area contributed by atoms with Crippen molar-refractivity contribution in [3.63, 3.8) is 0 Å². The van der Waals surface area contributed by atoms with E-state index in [0.29, 0.717) is 0 Å². The minimum absolute atomic E-state index is 1.04. The number of piperidine rings is 1. The Morgan fingerprint density at radius 3 is 2.50 bits per heavy atom. The second kappa shape index (κ2) is 4.54. The molecule has 0 spiro atoms. The fourth-order valence-electron chi connectivity index (χ4n) is 1.60. The van der Waals surface area contributed by atoms with Crippen LogP contribution in [0.3, 0.4) is 0 Å². The minimum atomic E-state index is 1.04. The van der Waals surface area contributed by atoms with Gasteiger partial charge in [0.1, 0.15) is 0 Å². The van der Waals surface area contributed by atoms with Gasteiger partial charge in [-0.25, -0.2) is 3.11 Å². The lowest BCUT2D eigenvalue weighted by Gasteiger charge is -2.26. The molecule has 1 heterocycles. The van der Waals surface area contributed by atoms with E-state index in [-0.39, 0.29) is 0 Å². The summed E-state index contributed by atoms with van der Waals surface area (Å²) in [6.45, 7) is 4.91. The van der Waals surface area contributed by atoms with Gasteiger partial charge in [0, 0.05) is 36.0 Å². The Balaban J connectivity index is 2.13. The molecule has 1 rings (SSSR count). The molecular formula is C8H16IN. The van der Waals surface area contributed by atoms with Gasteiger partial charge in [-0.2, -0.15) is 0 Å². The van der Waals surface area contributed by atoms with Crippen LogP contribution in [0.2, 0.25) is 0 Å². The van der Waals surface area contributed by atoms with Crippen molar-refractivity contribution >= 4 is 22.9 Å². The van der Waals surface area contributed by atoms with Gasteiger partial charge in [-0.15, -0.1) is 0 Å². The van der Waals surface area contributed by atoms with E-state index in [1.165, 1.54) is 38.8 Å². The number of rotatable bonds is 2. The Labute approximate surface area is 77.7 Å². The maximum Gasteiger partial charge on any atom is 0.0201 e. The molecule has 0 saturated carbocycles. The topological polar surface area (TPSA) is 3.24 Å². The third kappa shape index (κ3) is 2.74. The number of nitrogens with zero attached hydrogens (tertiary/aromatic N) is 1. The lowest BCUT2D eigenvalue weighted by molar-refractivity contribution is 0.293. The number of hydrogen-bond donors (Lipinski definition) is 0. The third-order valence-corrected chi connectivity index (χ3v) is 3.22. The van der Waals surface area contributed by atoms with Crippen LogP contribution in [0, 0.1) is 5.92 Å². The molecule has 1 aliphatic heterocycles. The van der Waals surface area contributed by atoms with Crippen LogP contribution in [-0.4, -0.2) is 16.2 Å². The van der Waals surface area contributed by atoms with Crippen molar-refractivity contribution in [2.45, 2.75) is 32.6 Å². The fourth-order valence-corrected chi connectivity index (χ4v) is 2.16. The van der Waals surface area contributed by atoms with Crippen LogP contribution in [0.15, 0.2) is 0 Å². The zero-order valence-electron chi connectivity index (χ0n) is 6.65. The first kappa shape index (κ1) is 8.78. The molecule has 0 aromatic rings. The largest absolute Gasteiger partial charge is 0.248 e. The smallest absolute Gasteiger partial charge is 0.0201 e. The van der Waals surface area contributed by atoms with E-state index in [1.807, 2.05) is 0 Å². The molecule has 60 valence electrons. The normalized spacial score (nSPS) is 23.4. The van der Waals surface area contributed by atoms with E-state index >= 15 is 0 Å². The third-order valence-electron chi connectivity index (χ3n) is 2.26. The summed E-state index contributed by atoms with van der Waals surface area (Å²) in [6, 6.07) is 0. The molecule has 1 aliphatic rings. The van der Waals surface area contributed by atoms with Gasteiger partial charge in [0.05, 0.1) is 0 Å². The molecule has 0 aliphatic carbocycles. The predicted molar refractivity (Wildman–Crippen MR) is 53.2 cm³/mol. The van der Waals surface area contributed by atoms with Crippen LogP contribution in [0.5, 0.6) is 0 Å². The highest BCUT2D eigenvalue weighted by molar-refractivity contribution is 14.1. The minimum Gasteiger partial charge on any atom is -0.248 e. The van der Waals surface area contributed by atoms with Crippen molar-refractivity contribution in [2.24, 2.45) is 5.92 Å². The van der Waals surface area contributed by atoms with Crippen molar-refractivity contribution in [1.82, 2.24) is 3.11 Å². The second-order valence-corrected chi connectivity index (χ2v) is 4.51. The Morgan fingerprint density at radius 2 is 2.00 bits per heavy atom. The molecule has 0 aromatic heterocycles. The van der Waals surface area contributed by atoms with Gasteiger partial charge in [-0.3, -0.25) is 0 Å². The van der Waals surface area contributed by atoms with Gasteiger partial charge in [0.25, 0.3) is 0 Å². The summed E-state index contributed by atoms with van der Waals surface area (Å²) in [5, 5.41) is 0. The Bertz CT molecular complexity index is 87.3. The summed E-state index contributed by atoms with van der Waals surface area (Å²) in [5.74, 6) is 1.04. The Hall–Kier alpha value is 0.690. The highest BCUT2D eigenvalue weighted by Gasteiger charge is 2.15. The van der Waals surface area contributed by atoms with E-state index in [4.69, 9.17) is 0 Å². The lowest BCUT2D eigenvalue weighted by atomic mass is 9.94. The molecule has 0 aromatic carbocycles. The van der Waals surface area contributed by atoms with E-state index in [1.54, 1.807) is 0 Å². The predicted octanol–water partition coefficient (Wildman–Crippen LogP) is 2.85. The SMILES string of the molecule is CCCC1CCN(I)CC1. The summed E-state index contributed by atoms with van der Waals surface area (Å²) in [7, 11) is 0. The maximum absolute atomic E-state index is 2.43. The molecule has 0 atom stereocenters. The molecule has 1 fully saturated rings. The fraction of sp³-hybridized carbons (Fsp3) is 1.00. The lowest BCUT2D eigenvalue weighted by Crippen LogP contribution is -2.25. The molecule has 0 bridgehead atoms. The van der Waals surface area contributed by atoms with Crippen molar-refractivity contribution in [2.75, 3.05) is 13.1 Å². The molecule has 0 unspecified atom stereocenters. The summed E-state index contributed by atoms with van der Waals surface area (Å²) in [6.07, 6.45) is 5.67.